The van der Waals surface area contributed by atoms with Crippen molar-refractivity contribution in [2.24, 2.45) is 0 Å². The van der Waals surface area contributed by atoms with Gasteiger partial charge in [-0.2, -0.15) is 0 Å². The molecule has 0 aliphatic carbocycles. The van der Waals surface area contributed by atoms with Gasteiger partial charge in [-0.25, -0.2) is 0 Å². The summed E-state index contributed by atoms with van der Waals surface area (Å²) in [7, 11) is 0. The minimum absolute atomic E-state index is 0.0132. The number of carboxylic acid groups (broad SMARTS) is 1. The first-order valence-electron chi connectivity index (χ1n) is 8.57. The van der Waals surface area contributed by atoms with Crippen molar-refractivity contribution in [3.63, 3.8) is 0 Å². The van der Waals surface area contributed by atoms with E-state index in [0.29, 0.717) is 6.61 Å². The van der Waals surface area contributed by atoms with Crippen molar-refractivity contribution < 1.29 is 14.6 Å². The molecule has 4 heteroatoms. The molecule has 4 nitrogen and oxygen atoms in total. The third kappa shape index (κ3) is 4.70. The van der Waals surface area contributed by atoms with Crippen LogP contribution >= 0.6 is 0 Å². The van der Waals surface area contributed by atoms with Crippen molar-refractivity contribution in [1.82, 2.24) is 4.98 Å². The molecule has 3 rings (SSSR count). The molecule has 0 bridgehead atoms. The summed E-state index contributed by atoms with van der Waals surface area (Å²) in [4.78, 5) is 15.1. The van der Waals surface area contributed by atoms with E-state index in [9.17, 15) is 4.79 Å². The van der Waals surface area contributed by atoms with E-state index in [0.717, 1.165) is 28.1 Å². The Kier molecular flexibility index (Phi) is 5.64. The second kappa shape index (κ2) is 8.30. The first kappa shape index (κ1) is 17.7. The molecule has 0 saturated carbocycles. The summed E-state index contributed by atoms with van der Waals surface area (Å²) >= 11 is 0. The maximum absolute atomic E-state index is 10.8. The van der Waals surface area contributed by atoms with Crippen molar-refractivity contribution in [2.45, 2.75) is 25.9 Å². The van der Waals surface area contributed by atoms with Crippen molar-refractivity contribution in [2.75, 3.05) is 0 Å². The molecule has 0 spiro atoms. The van der Waals surface area contributed by atoms with Gasteiger partial charge in [0.15, 0.2) is 0 Å². The fraction of sp³-hybridized carbons (Fsp3) is 0.182. The maximum atomic E-state index is 10.8. The number of hydrogen-bond donors (Lipinski definition) is 1. The Bertz CT molecular complexity index is 843. The molecule has 3 aromatic rings. The van der Waals surface area contributed by atoms with Crippen LogP contribution < -0.4 is 4.74 Å². The lowest BCUT2D eigenvalue weighted by Crippen LogP contribution is -2.03. The van der Waals surface area contributed by atoms with Crippen molar-refractivity contribution >= 4 is 5.97 Å². The van der Waals surface area contributed by atoms with Crippen LogP contribution in [0.15, 0.2) is 72.9 Å². The molecule has 2 aromatic carbocycles. The van der Waals surface area contributed by atoms with E-state index in [1.165, 1.54) is 0 Å². The van der Waals surface area contributed by atoms with Crippen LogP contribution in [0.4, 0.5) is 0 Å². The van der Waals surface area contributed by atoms with Crippen molar-refractivity contribution in [1.29, 1.82) is 0 Å². The summed E-state index contributed by atoms with van der Waals surface area (Å²) in [6.07, 6.45) is 1.91. The number of hydrogen-bond acceptors (Lipinski definition) is 3. The molecule has 1 unspecified atom stereocenters. The summed E-state index contributed by atoms with van der Waals surface area (Å²) in [5.41, 5.74) is 4.10. The van der Waals surface area contributed by atoms with Gasteiger partial charge in [-0.05, 0) is 41.3 Å². The Labute approximate surface area is 153 Å². The summed E-state index contributed by atoms with van der Waals surface area (Å²) in [6.45, 7) is 2.39. The third-order valence-corrected chi connectivity index (χ3v) is 4.25. The van der Waals surface area contributed by atoms with E-state index in [2.05, 4.69) is 4.98 Å². The number of ether oxygens (including phenoxy) is 1. The molecule has 0 radical (unpaired) electrons. The van der Waals surface area contributed by atoms with Gasteiger partial charge in [0.1, 0.15) is 12.4 Å². The largest absolute Gasteiger partial charge is 0.489 e. The van der Waals surface area contributed by atoms with Gasteiger partial charge in [0.2, 0.25) is 0 Å². The van der Waals surface area contributed by atoms with Gasteiger partial charge >= 0.3 is 5.97 Å². The van der Waals surface area contributed by atoms with Crippen LogP contribution in [0.1, 0.15) is 30.4 Å². The molecule has 0 saturated heterocycles. The van der Waals surface area contributed by atoms with Crippen LogP contribution in [-0.2, 0) is 11.4 Å². The molecule has 1 N–H and O–H groups in total. The van der Waals surface area contributed by atoms with Gasteiger partial charge in [0, 0.05) is 11.8 Å². The zero-order valence-corrected chi connectivity index (χ0v) is 14.6. The zero-order valence-electron chi connectivity index (χ0n) is 14.6. The highest BCUT2D eigenvalue weighted by Gasteiger charge is 2.10. The van der Waals surface area contributed by atoms with Gasteiger partial charge < -0.3 is 9.84 Å². The van der Waals surface area contributed by atoms with Crippen molar-refractivity contribution in [3.05, 3.63) is 84.1 Å². The molecule has 26 heavy (non-hydrogen) atoms. The molecular formula is C22H21NO3. The average molecular weight is 347 g/mol. The van der Waals surface area contributed by atoms with E-state index in [-0.39, 0.29) is 12.3 Å². The highest BCUT2D eigenvalue weighted by molar-refractivity contribution is 5.68. The Balaban J connectivity index is 1.58. The Morgan fingerprint density at radius 2 is 1.77 bits per heavy atom. The first-order valence-corrected chi connectivity index (χ1v) is 8.57. The Morgan fingerprint density at radius 1 is 1.04 bits per heavy atom. The fourth-order valence-corrected chi connectivity index (χ4v) is 2.74. The molecule has 0 aliphatic rings. The molecule has 0 aliphatic heterocycles. The number of rotatable bonds is 7. The predicted octanol–water partition coefficient (Wildman–Crippen LogP) is 4.91. The lowest BCUT2D eigenvalue weighted by Gasteiger charge is -2.11. The number of carboxylic acids is 1. The number of aliphatic carboxylic acids is 1. The molecule has 0 amide bonds. The van der Waals surface area contributed by atoms with Gasteiger partial charge in [0.05, 0.1) is 12.1 Å². The van der Waals surface area contributed by atoms with Gasteiger partial charge in [-0.3, -0.25) is 9.78 Å². The smallest absolute Gasteiger partial charge is 0.303 e. The maximum Gasteiger partial charge on any atom is 0.303 e. The van der Waals surface area contributed by atoms with Crippen LogP contribution in [0.2, 0.25) is 0 Å². The van der Waals surface area contributed by atoms with E-state index < -0.39 is 5.97 Å². The minimum Gasteiger partial charge on any atom is -0.489 e. The second-order valence-corrected chi connectivity index (χ2v) is 6.27. The first-order chi connectivity index (χ1) is 12.6. The summed E-state index contributed by atoms with van der Waals surface area (Å²) in [6, 6.07) is 21.6. The van der Waals surface area contributed by atoms with Crippen LogP contribution in [0, 0.1) is 0 Å². The van der Waals surface area contributed by atoms with Crippen LogP contribution in [0.3, 0.4) is 0 Å². The summed E-state index contributed by atoms with van der Waals surface area (Å²) < 4.78 is 5.82. The molecule has 1 atom stereocenters. The zero-order chi connectivity index (χ0) is 18.4. The van der Waals surface area contributed by atoms with E-state index in [4.69, 9.17) is 9.84 Å². The van der Waals surface area contributed by atoms with E-state index in [1.54, 1.807) is 6.20 Å². The SMILES string of the molecule is CC(CC(=O)O)c1ccc(OCc2ccc(-c3ccccn3)cc2)cc1. The lowest BCUT2D eigenvalue weighted by molar-refractivity contribution is -0.137. The Morgan fingerprint density at radius 3 is 2.38 bits per heavy atom. The average Bonchev–Trinajstić information content (AvgIpc) is 2.67. The Hall–Kier alpha value is -3.14. The van der Waals surface area contributed by atoms with Crippen LogP contribution in [0.25, 0.3) is 11.3 Å². The standard InChI is InChI=1S/C22H21NO3/c1-16(14-22(24)25)18-9-11-20(12-10-18)26-15-17-5-7-19(8-6-17)21-4-2-3-13-23-21/h2-13,16H,14-15H2,1H3,(H,24,25). The van der Waals surface area contributed by atoms with E-state index >= 15 is 0 Å². The van der Waals surface area contributed by atoms with Crippen molar-refractivity contribution in [3.8, 4) is 17.0 Å². The van der Waals surface area contributed by atoms with Crippen LogP contribution in [-0.4, -0.2) is 16.1 Å². The molecule has 1 aromatic heterocycles. The normalized spacial score (nSPS) is 11.7. The monoisotopic (exact) mass is 347 g/mol. The minimum atomic E-state index is -0.785. The summed E-state index contributed by atoms with van der Waals surface area (Å²) in [5, 5.41) is 8.87. The number of aromatic nitrogens is 1. The number of nitrogens with zero attached hydrogens (tertiary/aromatic N) is 1. The lowest BCUT2D eigenvalue weighted by atomic mass is 9.98. The number of carbonyl (C=O) groups is 1. The highest BCUT2D eigenvalue weighted by Crippen LogP contribution is 2.23. The van der Waals surface area contributed by atoms with Gasteiger partial charge in [0.25, 0.3) is 0 Å². The molecular weight excluding hydrogens is 326 g/mol. The molecule has 132 valence electrons. The molecule has 0 fully saturated rings. The van der Waals surface area contributed by atoms with E-state index in [1.807, 2.05) is 73.7 Å². The fourth-order valence-electron chi connectivity index (χ4n) is 2.74. The second-order valence-electron chi connectivity index (χ2n) is 6.27. The topological polar surface area (TPSA) is 59.4 Å². The number of benzene rings is 2. The number of pyridine rings is 1. The highest BCUT2D eigenvalue weighted by atomic mass is 16.5. The van der Waals surface area contributed by atoms with Crippen LogP contribution in [0.5, 0.6) is 5.75 Å². The van der Waals surface area contributed by atoms with Gasteiger partial charge in [-0.1, -0.05) is 49.4 Å². The quantitative estimate of drug-likeness (QED) is 0.660. The predicted molar refractivity (Wildman–Crippen MR) is 101 cm³/mol. The van der Waals surface area contributed by atoms with Gasteiger partial charge in [-0.15, -0.1) is 0 Å². The molecule has 1 heterocycles. The summed E-state index contributed by atoms with van der Waals surface area (Å²) in [5.74, 6) is -0.0299. The third-order valence-electron chi connectivity index (χ3n) is 4.25.